The van der Waals surface area contributed by atoms with Crippen molar-refractivity contribution in [1.82, 2.24) is 38.9 Å². The Morgan fingerprint density at radius 1 is 0.923 bits per heavy atom. The summed E-state index contributed by atoms with van der Waals surface area (Å²) < 4.78 is 8.42. The number of carbonyl (C=O) groups excluding carboxylic acids is 1. The number of hydrogen-bond donors (Lipinski definition) is 1. The summed E-state index contributed by atoms with van der Waals surface area (Å²) in [6.45, 7) is 3.26. The quantitative estimate of drug-likeness (QED) is 0.225. The van der Waals surface area contributed by atoms with E-state index in [0.29, 0.717) is 37.5 Å². The number of thiazole rings is 1. The number of benzene rings is 2. The largest absolute Gasteiger partial charge is 0.481 e. The number of aromatic nitrogens is 6. The molecule has 8 rings (SSSR count). The number of rotatable bonds is 9. The molecule has 2 aliphatic heterocycles. The second kappa shape index (κ2) is 14.4. The first kappa shape index (κ1) is 33.9. The van der Waals surface area contributed by atoms with Crippen molar-refractivity contribution in [2.24, 2.45) is 5.92 Å². The third-order valence-electron chi connectivity index (χ3n) is 10.4. The number of carbonyl (C=O) groups is 1. The predicted octanol–water partition coefficient (Wildman–Crippen LogP) is 4.77. The van der Waals surface area contributed by atoms with Gasteiger partial charge in [-0.05, 0) is 49.6 Å². The lowest BCUT2D eigenvalue weighted by atomic mass is 9.79. The molecule has 2 atom stereocenters. The molecule has 2 aromatic carbocycles. The molecule has 13 heteroatoms. The van der Waals surface area contributed by atoms with E-state index in [9.17, 15) is 14.7 Å². The minimum atomic E-state index is -1.14. The van der Waals surface area contributed by atoms with E-state index < -0.39 is 5.60 Å². The molecule has 0 unspecified atom stereocenters. The smallest absolute Gasteiger partial charge is 0.281 e. The molecule has 0 spiro atoms. The monoisotopic (exact) mass is 716 g/mol. The van der Waals surface area contributed by atoms with Crippen LogP contribution in [0.3, 0.4) is 0 Å². The Balaban J connectivity index is 0.924. The number of hydrogen-bond acceptors (Lipinski definition) is 10. The SMILES string of the molecule is COc1ccc(-c2ncc(CN3CC[C@@H](C(=O)N4CCC(O)(Cn5cnc6c(ncn6-c6ccccc6)c5=O)CC4)[C@H](c4ccccc4)C3)s2)cn1. The van der Waals surface area contributed by atoms with Crippen molar-refractivity contribution < 1.29 is 14.6 Å². The van der Waals surface area contributed by atoms with Crippen LogP contribution in [0.15, 0.2) is 103 Å². The Kier molecular flexibility index (Phi) is 9.39. The fourth-order valence-electron chi connectivity index (χ4n) is 7.53. The van der Waals surface area contributed by atoms with Crippen LogP contribution in [0.4, 0.5) is 0 Å². The molecule has 1 N–H and O–H groups in total. The lowest BCUT2D eigenvalue weighted by Gasteiger charge is -2.43. The van der Waals surface area contributed by atoms with Gasteiger partial charge in [0.05, 0.1) is 19.3 Å². The van der Waals surface area contributed by atoms with E-state index >= 15 is 0 Å². The highest BCUT2D eigenvalue weighted by Crippen LogP contribution is 2.37. The molecule has 266 valence electrons. The minimum absolute atomic E-state index is 0.0357. The van der Waals surface area contributed by atoms with Crippen molar-refractivity contribution in [2.45, 2.75) is 43.9 Å². The average Bonchev–Trinajstić information content (AvgIpc) is 3.85. The summed E-state index contributed by atoms with van der Waals surface area (Å²) in [5, 5.41) is 12.6. The highest BCUT2D eigenvalue weighted by atomic mass is 32.1. The standard InChI is InChI=1S/C39H40N8O4S/c1-51-33-13-12-28(20-40-33)36-41-21-30(52-36)22-44-17-14-31(32(23-44)27-8-4-2-5-9-27)37(48)45-18-15-39(50,16-19-45)24-46-25-43-35-34(38(46)49)42-26-47(35)29-10-6-3-7-11-29/h2-13,20-21,25-26,31-32,50H,14-19,22-24H2,1H3/t31-,32+/m1/s1. The molecule has 2 saturated heterocycles. The fourth-order valence-corrected chi connectivity index (χ4v) is 8.48. The summed E-state index contributed by atoms with van der Waals surface area (Å²) in [7, 11) is 1.60. The van der Waals surface area contributed by atoms with Crippen LogP contribution in [0.5, 0.6) is 5.88 Å². The molecule has 12 nitrogen and oxygen atoms in total. The normalized spacial score (nSPS) is 19.2. The molecule has 6 heterocycles. The van der Waals surface area contributed by atoms with E-state index in [1.807, 2.05) is 71.8 Å². The van der Waals surface area contributed by atoms with Gasteiger partial charge in [-0.1, -0.05) is 48.5 Å². The summed E-state index contributed by atoms with van der Waals surface area (Å²) in [4.78, 5) is 51.0. The number of pyridine rings is 1. The first-order chi connectivity index (χ1) is 25.4. The van der Waals surface area contributed by atoms with Crippen molar-refractivity contribution in [3.05, 3.63) is 119 Å². The molecule has 6 aromatic rings. The Labute approximate surface area is 305 Å². The molecule has 1 amide bonds. The van der Waals surface area contributed by atoms with Gasteiger partial charge in [0, 0.05) is 72.6 Å². The fraction of sp³-hybridized carbons (Fsp3) is 0.333. The van der Waals surface area contributed by atoms with Crippen LogP contribution in [-0.2, 0) is 17.9 Å². The summed E-state index contributed by atoms with van der Waals surface area (Å²) in [5.74, 6) is 0.574. The molecule has 52 heavy (non-hydrogen) atoms. The maximum absolute atomic E-state index is 14.2. The highest BCUT2D eigenvalue weighted by molar-refractivity contribution is 7.15. The molecule has 0 saturated carbocycles. The molecular weight excluding hydrogens is 677 g/mol. The zero-order valence-corrected chi connectivity index (χ0v) is 29.7. The molecular formula is C39H40N8O4S. The van der Waals surface area contributed by atoms with Crippen molar-refractivity contribution in [1.29, 1.82) is 0 Å². The number of nitrogens with zero attached hydrogens (tertiary/aromatic N) is 8. The van der Waals surface area contributed by atoms with Crippen molar-refractivity contribution in [2.75, 3.05) is 33.3 Å². The Morgan fingerprint density at radius 2 is 1.69 bits per heavy atom. The van der Waals surface area contributed by atoms with E-state index in [1.54, 1.807) is 35.5 Å². The molecule has 0 bridgehead atoms. The Bertz CT molecular complexity index is 2210. The number of amides is 1. The zero-order valence-electron chi connectivity index (χ0n) is 28.9. The summed E-state index contributed by atoms with van der Waals surface area (Å²) in [6, 6.07) is 23.8. The van der Waals surface area contributed by atoms with Gasteiger partial charge in [-0.2, -0.15) is 0 Å². The van der Waals surface area contributed by atoms with Crippen LogP contribution in [0, 0.1) is 5.92 Å². The molecule has 2 aliphatic rings. The van der Waals surface area contributed by atoms with Crippen LogP contribution in [-0.4, -0.2) is 88.8 Å². The van der Waals surface area contributed by atoms with Gasteiger partial charge in [0.25, 0.3) is 5.56 Å². The van der Waals surface area contributed by atoms with Gasteiger partial charge < -0.3 is 14.7 Å². The first-order valence-electron chi connectivity index (χ1n) is 17.6. The second-order valence-corrected chi connectivity index (χ2v) is 14.8. The summed E-state index contributed by atoms with van der Waals surface area (Å²) in [6.07, 6.45) is 8.29. The maximum atomic E-state index is 14.2. The topological polar surface area (TPSA) is 132 Å². The number of fused-ring (bicyclic) bond motifs is 1. The minimum Gasteiger partial charge on any atom is -0.481 e. The Hall–Kier alpha value is -5.24. The number of methoxy groups -OCH3 is 1. The van der Waals surface area contributed by atoms with Gasteiger partial charge in [-0.15, -0.1) is 11.3 Å². The van der Waals surface area contributed by atoms with Gasteiger partial charge in [0.1, 0.15) is 17.7 Å². The molecule has 0 radical (unpaired) electrons. The van der Waals surface area contributed by atoms with E-state index in [1.165, 1.54) is 10.9 Å². The van der Waals surface area contributed by atoms with Gasteiger partial charge in [0.2, 0.25) is 11.8 Å². The van der Waals surface area contributed by atoms with Gasteiger partial charge >= 0.3 is 0 Å². The van der Waals surface area contributed by atoms with E-state index in [2.05, 4.69) is 37.0 Å². The summed E-state index contributed by atoms with van der Waals surface area (Å²) in [5.41, 5.74) is 2.27. The molecule has 4 aromatic heterocycles. The van der Waals surface area contributed by atoms with Gasteiger partial charge in [-0.3, -0.25) is 23.6 Å². The number of aliphatic hydroxyl groups is 1. The maximum Gasteiger partial charge on any atom is 0.281 e. The second-order valence-electron chi connectivity index (χ2n) is 13.7. The molecule has 2 fully saturated rings. The van der Waals surface area contributed by atoms with E-state index in [0.717, 1.165) is 52.8 Å². The van der Waals surface area contributed by atoms with Crippen LogP contribution in [0.2, 0.25) is 0 Å². The van der Waals surface area contributed by atoms with Crippen molar-refractivity contribution in [3.8, 4) is 22.1 Å². The van der Waals surface area contributed by atoms with Crippen molar-refractivity contribution in [3.63, 3.8) is 0 Å². The van der Waals surface area contributed by atoms with Crippen molar-refractivity contribution >= 4 is 28.4 Å². The van der Waals surface area contributed by atoms with E-state index in [4.69, 9.17) is 4.74 Å². The lowest BCUT2D eigenvalue weighted by Crippen LogP contribution is -2.53. The van der Waals surface area contributed by atoms with E-state index in [-0.39, 0.29) is 35.4 Å². The number of likely N-dealkylation sites (tertiary alicyclic amines) is 2. The van der Waals surface area contributed by atoms with Crippen LogP contribution < -0.4 is 10.3 Å². The zero-order chi connectivity index (χ0) is 35.7. The lowest BCUT2D eigenvalue weighted by molar-refractivity contribution is -0.142. The number of para-hydroxylation sites is 1. The third kappa shape index (κ3) is 6.86. The number of piperidine rings is 2. The van der Waals surface area contributed by atoms with Crippen LogP contribution >= 0.6 is 11.3 Å². The van der Waals surface area contributed by atoms with Gasteiger partial charge in [0.15, 0.2) is 11.2 Å². The van der Waals surface area contributed by atoms with Crippen LogP contribution in [0.1, 0.15) is 35.6 Å². The molecule has 0 aliphatic carbocycles. The average molecular weight is 717 g/mol. The highest BCUT2D eigenvalue weighted by Gasteiger charge is 2.41. The predicted molar refractivity (Wildman–Crippen MR) is 198 cm³/mol. The summed E-state index contributed by atoms with van der Waals surface area (Å²) >= 11 is 1.66. The van der Waals surface area contributed by atoms with Gasteiger partial charge in [-0.25, -0.2) is 19.9 Å². The first-order valence-corrected chi connectivity index (χ1v) is 18.4. The Morgan fingerprint density at radius 3 is 2.42 bits per heavy atom. The number of imidazole rings is 1. The van der Waals surface area contributed by atoms with Crippen LogP contribution in [0.25, 0.3) is 27.4 Å². The third-order valence-corrected chi connectivity index (χ3v) is 11.4. The number of ether oxygens (including phenoxy) is 1.